The molecule has 6 nitrogen and oxygen atoms in total. The average molecular weight is 238 g/mol. The molecule has 0 unspecified atom stereocenters. The topological polar surface area (TPSA) is 83.8 Å². The van der Waals surface area contributed by atoms with Crippen LogP contribution < -0.4 is 0 Å². The number of tetrazole rings is 1. The molecule has 1 aromatic rings. The lowest BCUT2D eigenvalue weighted by Gasteiger charge is -1.99. The molecule has 0 radical (unpaired) electrons. The van der Waals surface area contributed by atoms with E-state index >= 15 is 0 Å². The highest BCUT2D eigenvalue weighted by atomic mass is 32.1. The third-order valence-corrected chi connectivity index (χ3v) is 1.86. The predicted octanol–water partition coefficient (Wildman–Crippen LogP) is 1.39. The molecule has 16 heavy (non-hydrogen) atoms. The number of carbonyl (C=O) groups is 1. The summed E-state index contributed by atoms with van der Waals surface area (Å²) in [5.74, 6) is -0.902. The summed E-state index contributed by atoms with van der Waals surface area (Å²) in [4.78, 5) is 10.3. The van der Waals surface area contributed by atoms with Crippen LogP contribution in [0, 0.1) is 4.77 Å². The molecule has 0 saturated carbocycles. The van der Waals surface area contributed by atoms with E-state index in [-0.39, 0.29) is 11.2 Å². The van der Waals surface area contributed by atoms with Crippen LogP contribution in [-0.2, 0) is 4.79 Å². The Labute approximate surface area is 96.6 Å². The largest absolute Gasteiger partial charge is 0.481 e. The van der Waals surface area contributed by atoms with Crippen LogP contribution in [0.1, 0.15) is 6.42 Å². The molecule has 0 aliphatic heterocycles. The Balaban J connectivity index is 2.94. The van der Waals surface area contributed by atoms with Crippen molar-refractivity contribution < 1.29 is 9.90 Å². The van der Waals surface area contributed by atoms with Gasteiger partial charge in [-0.3, -0.25) is 4.79 Å². The number of rotatable bonds is 5. The highest BCUT2D eigenvalue weighted by Gasteiger charge is 1.99. The number of H-pyrrole nitrogens is 1. The summed E-state index contributed by atoms with van der Waals surface area (Å²) >= 11 is 4.91. The number of nitrogens with zero attached hydrogens (tertiary/aromatic N) is 3. The van der Waals surface area contributed by atoms with E-state index in [4.69, 9.17) is 17.3 Å². The number of carboxylic acids is 1. The maximum atomic E-state index is 10.3. The van der Waals surface area contributed by atoms with Crippen molar-refractivity contribution in [3.63, 3.8) is 0 Å². The van der Waals surface area contributed by atoms with Gasteiger partial charge in [0.2, 0.25) is 4.77 Å². The first kappa shape index (κ1) is 12.1. The minimum absolute atomic E-state index is 0.0661. The minimum atomic E-state index is -0.902. The van der Waals surface area contributed by atoms with Crippen LogP contribution >= 0.6 is 12.2 Å². The van der Waals surface area contributed by atoms with Crippen LogP contribution in [0.5, 0.6) is 0 Å². The van der Waals surface area contributed by atoms with Gasteiger partial charge in [0, 0.05) is 0 Å². The number of hydrogen-bond acceptors (Lipinski definition) is 4. The van der Waals surface area contributed by atoms with E-state index in [9.17, 15) is 4.79 Å². The molecule has 0 aliphatic rings. The number of aromatic amines is 1. The monoisotopic (exact) mass is 238 g/mol. The molecule has 0 aromatic carbocycles. The summed E-state index contributed by atoms with van der Waals surface area (Å²) in [5.41, 5.74) is 0.617. The van der Waals surface area contributed by atoms with Gasteiger partial charge in [-0.05, 0) is 24.4 Å². The fraction of sp³-hybridized carbons (Fsp3) is 0.111. The SMILES string of the molecule is C=C/C=C(\C=C/CC(=O)O)n1[nH]nnc1=S. The van der Waals surface area contributed by atoms with Crippen molar-refractivity contribution in [3.05, 3.63) is 35.7 Å². The van der Waals surface area contributed by atoms with Gasteiger partial charge >= 0.3 is 5.97 Å². The third kappa shape index (κ3) is 3.28. The first-order chi connectivity index (χ1) is 7.65. The Morgan fingerprint density at radius 3 is 2.94 bits per heavy atom. The minimum Gasteiger partial charge on any atom is -0.481 e. The van der Waals surface area contributed by atoms with Gasteiger partial charge in [0.1, 0.15) is 0 Å². The Hall–Kier alpha value is -2.02. The molecule has 0 saturated heterocycles. The Bertz CT molecular complexity index is 498. The van der Waals surface area contributed by atoms with Crippen molar-refractivity contribution in [2.45, 2.75) is 6.42 Å². The maximum absolute atomic E-state index is 10.3. The highest BCUT2D eigenvalue weighted by Crippen LogP contribution is 2.05. The number of allylic oxidation sites excluding steroid dienone is 4. The van der Waals surface area contributed by atoms with Crippen LogP contribution in [-0.4, -0.2) is 31.3 Å². The van der Waals surface area contributed by atoms with Gasteiger partial charge < -0.3 is 5.11 Å². The Morgan fingerprint density at radius 2 is 2.44 bits per heavy atom. The van der Waals surface area contributed by atoms with Gasteiger partial charge in [0.05, 0.1) is 12.1 Å². The molecule has 0 aliphatic carbocycles. The standard InChI is InChI=1S/C9H10N4O2S/c1-2-4-7(5-3-6-8(14)15)13-9(16)10-11-12-13/h2-5H,1,6H2,(H,14,15)(H,10,12,16)/b5-3-,7-4+. The number of carboxylic acid groups (broad SMARTS) is 1. The van der Waals surface area contributed by atoms with Crippen LogP contribution in [0.15, 0.2) is 30.9 Å². The van der Waals surface area contributed by atoms with E-state index in [1.165, 1.54) is 10.8 Å². The fourth-order valence-corrected chi connectivity index (χ4v) is 1.16. The third-order valence-electron chi connectivity index (χ3n) is 1.60. The van der Waals surface area contributed by atoms with Crippen LogP contribution in [0.4, 0.5) is 0 Å². The lowest BCUT2D eigenvalue weighted by Crippen LogP contribution is -1.98. The maximum Gasteiger partial charge on any atom is 0.307 e. The molecule has 0 bridgehead atoms. The molecule has 1 heterocycles. The van der Waals surface area contributed by atoms with Crippen LogP contribution in [0.25, 0.3) is 5.70 Å². The molecule has 0 amide bonds. The summed E-state index contributed by atoms with van der Waals surface area (Å²) in [6.45, 7) is 3.55. The lowest BCUT2D eigenvalue weighted by atomic mass is 10.3. The molecule has 0 spiro atoms. The van der Waals surface area contributed by atoms with Crippen molar-refractivity contribution in [1.82, 2.24) is 20.2 Å². The quantitative estimate of drug-likeness (QED) is 0.598. The fourth-order valence-electron chi connectivity index (χ4n) is 0.971. The second kappa shape index (κ2) is 5.76. The molecule has 2 N–H and O–H groups in total. The number of nitrogens with one attached hydrogen (secondary N) is 1. The van der Waals surface area contributed by atoms with Crippen LogP contribution in [0.2, 0.25) is 0 Å². The summed E-state index contributed by atoms with van der Waals surface area (Å²) < 4.78 is 1.70. The van der Waals surface area contributed by atoms with Crippen LogP contribution in [0.3, 0.4) is 0 Å². The zero-order valence-electron chi connectivity index (χ0n) is 8.33. The summed E-state index contributed by atoms with van der Waals surface area (Å²) in [6.07, 6.45) is 6.26. The smallest absolute Gasteiger partial charge is 0.307 e. The van der Waals surface area contributed by atoms with E-state index in [1.54, 1.807) is 18.2 Å². The van der Waals surface area contributed by atoms with Crippen molar-refractivity contribution in [1.29, 1.82) is 0 Å². The van der Waals surface area contributed by atoms with Gasteiger partial charge in [-0.15, -0.1) is 0 Å². The van der Waals surface area contributed by atoms with E-state index in [2.05, 4.69) is 22.1 Å². The van der Waals surface area contributed by atoms with Gasteiger partial charge in [-0.1, -0.05) is 29.0 Å². The van der Waals surface area contributed by atoms with E-state index < -0.39 is 5.97 Å². The molecule has 1 aromatic heterocycles. The highest BCUT2D eigenvalue weighted by molar-refractivity contribution is 7.71. The average Bonchev–Trinajstić information content (AvgIpc) is 2.63. The normalized spacial score (nSPS) is 11.9. The summed E-state index contributed by atoms with van der Waals surface area (Å²) in [7, 11) is 0. The van der Waals surface area contributed by atoms with E-state index in [0.717, 1.165) is 0 Å². The number of aromatic nitrogens is 4. The van der Waals surface area contributed by atoms with E-state index in [1.807, 2.05) is 0 Å². The zero-order valence-corrected chi connectivity index (χ0v) is 9.15. The van der Waals surface area contributed by atoms with Crippen molar-refractivity contribution >= 4 is 23.9 Å². The predicted molar refractivity (Wildman–Crippen MR) is 61.1 cm³/mol. The zero-order chi connectivity index (χ0) is 12.0. The van der Waals surface area contributed by atoms with Crippen molar-refractivity contribution in [3.8, 4) is 0 Å². The first-order valence-corrected chi connectivity index (χ1v) is 4.77. The molecule has 1 rings (SSSR count). The van der Waals surface area contributed by atoms with Crippen molar-refractivity contribution in [2.24, 2.45) is 0 Å². The van der Waals surface area contributed by atoms with Gasteiger partial charge in [0.15, 0.2) is 0 Å². The van der Waals surface area contributed by atoms with Gasteiger partial charge in [-0.2, -0.15) is 5.21 Å². The molecular formula is C9H10N4O2S. The number of aliphatic carboxylic acids is 1. The second-order valence-corrected chi connectivity index (χ2v) is 3.11. The van der Waals surface area contributed by atoms with Gasteiger partial charge in [-0.25, -0.2) is 4.68 Å². The first-order valence-electron chi connectivity index (χ1n) is 4.36. The second-order valence-electron chi connectivity index (χ2n) is 2.75. The number of hydrogen-bond donors (Lipinski definition) is 2. The van der Waals surface area contributed by atoms with Crippen molar-refractivity contribution in [2.75, 3.05) is 0 Å². The molecular weight excluding hydrogens is 228 g/mol. The molecule has 7 heteroatoms. The molecule has 84 valence electrons. The summed E-state index contributed by atoms with van der Waals surface area (Å²) in [6, 6.07) is 0. The molecule has 0 atom stereocenters. The van der Waals surface area contributed by atoms with Gasteiger partial charge in [0.25, 0.3) is 0 Å². The Morgan fingerprint density at radius 1 is 1.69 bits per heavy atom. The van der Waals surface area contributed by atoms with E-state index in [0.29, 0.717) is 5.70 Å². The lowest BCUT2D eigenvalue weighted by molar-refractivity contribution is -0.135. The molecule has 0 fully saturated rings. The summed E-state index contributed by atoms with van der Waals surface area (Å²) in [5, 5.41) is 18.2. The Kier molecular flexibility index (Phi) is 4.34.